The van der Waals surface area contributed by atoms with Crippen LogP contribution in [-0.2, 0) is 0 Å². The van der Waals surface area contributed by atoms with Gasteiger partial charge < -0.3 is 5.73 Å². The molecular weight excluding hydrogens is 186 g/mol. The Kier molecular flexibility index (Phi) is 4.50. The topological polar surface area (TPSA) is 43.1 Å². The molecule has 0 fully saturated rings. The third-order valence-corrected chi connectivity index (χ3v) is 2.82. The molecule has 0 heterocycles. The second-order valence-electron chi connectivity index (χ2n) is 3.82. The molecule has 2 atom stereocenters. The monoisotopic (exact) mass is 205 g/mol. The first kappa shape index (κ1) is 11.9. The van der Waals surface area contributed by atoms with Crippen LogP contribution in [0.5, 0.6) is 0 Å². The van der Waals surface area contributed by atoms with E-state index < -0.39 is 0 Å². The van der Waals surface area contributed by atoms with Crippen LogP contribution in [0.25, 0.3) is 0 Å². The molecule has 0 bridgehead atoms. The number of ketones is 1. The molecule has 2 heteroatoms. The van der Waals surface area contributed by atoms with Crippen LogP contribution in [-0.4, -0.2) is 11.8 Å². The smallest absolute Gasteiger partial charge is 0.167 e. The Morgan fingerprint density at radius 3 is 2.27 bits per heavy atom. The van der Waals surface area contributed by atoms with Crippen molar-refractivity contribution in [1.82, 2.24) is 0 Å². The fourth-order valence-corrected chi connectivity index (χ4v) is 1.78. The van der Waals surface area contributed by atoms with E-state index >= 15 is 0 Å². The molecule has 0 radical (unpaired) electrons. The van der Waals surface area contributed by atoms with Crippen LogP contribution in [0, 0.1) is 5.92 Å². The van der Waals surface area contributed by atoms with E-state index in [4.69, 9.17) is 5.73 Å². The molecule has 0 aromatic heterocycles. The van der Waals surface area contributed by atoms with E-state index in [1.54, 1.807) is 0 Å². The fraction of sp³-hybridized carbons (Fsp3) is 0.462. The minimum atomic E-state index is -0.0441. The second-order valence-corrected chi connectivity index (χ2v) is 3.82. The van der Waals surface area contributed by atoms with Crippen molar-refractivity contribution in [1.29, 1.82) is 0 Å². The summed E-state index contributed by atoms with van der Waals surface area (Å²) in [6.45, 7) is 4.03. The maximum atomic E-state index is 12.1. The summed E-state index contributed by atoms with van der Waals surface area (Å²) in [6, 6.07) is 9.37. The van der Waals surface area contributed by atoms with Crippen molar-refractivity contribution < 1.29 is 4.79 Å². The SMILES string of the molecule is CCC(N)C(CC)C(=O)c1ccccc1. The first-order valence-electron chi connectivity index (χ1n) is 5.55. The highest BCUT2D eigenvalue weighted by Gasteiger charge is 2.23. The lowest BCUT2D eigenvalue weighted by atomic mass is 9.88. The molecule has 0 amide bonds. The second kappa shape index (κ2) is 5.66. The number of nitrogens with two attached hydrogens (primary N) is 1. The summed E-state index contributed by atoms with van der Waals surface area (Å²) in [6.07, 6.45) is 1.65. The van der Waals surface area contributed by atoms with Crippen molar-refractivity contribution in [3.63, 3.8) is 0 Å². The van der Waals surface area contributed by atoms with Gasteiger partial charge in [0.15, 0.2) is 5.78 Å². The van der Waals surface area contributed by atoms with Crippen molar-refractivity contribution >= 4 is 5.78 Å². The molecular formula is C13H19NO. The third-order valence-electron chi connectivity index (χ3n) is 2.82. The number of carbonyl (C=O) groups is 1. The predicted molar refractivity (Wildman–Crippen MR) is 62.8 cm³/mol. The van der Waals surface area contributed by atoms with E-state index in [0.29, 0.717) is 0 Å². The van der Waals surface area contributed by atoms with Gasteiger partial charge in [0.2, 0.25) is 0 Å². The summed E-state index contributed by atoms with van der Waals surface area (Å²) in [5, 5.41) is 0. The lowest BCUT2D eigenvalue weighted by Gasteiger charge is -2.19. The molecule has 15 heavy (non-hydrogen) atoms. The Balaban J connectivity index is 2.83. The molecule has 0 saturated carbocycles. The number of Topliss-reactive ketones (excluding diaryl/α,β-unsaturated/α-hetero) is 1. The van der Waals surface area contributed by atoms with Gasteiger partial charge >= 0.3 is 0 Å². The highest BCUT2D eigenvalue weighted by atomic mass is 16.1. The molecule has 0 aliphatic heterocycles. The lowest BCUT2D eigenvalue weighted by Crippen LogP contribution is -2.34. The van der Waals surface area contributed by atoms with Gasteiger partial charge in [-0.2, -0.15) is 0 Å². The van der Waals surface area contributed by atoms with Gasteiger partial charge in [-0.05, 0) is 12.8 Å². The van der Waals surface area contributed by atoms with Crippen LogP contribution >= 0.6 is 0 Å². The minimum absolute atomic E-state index is 0.0253. The van der Waals surface area contributed by atoms with Crippen molar-refractivity contribution in [2.75, 3.05) is 0 Å². The highest BCUT2D eigenvalue weighted by Crippen LogP contribution is 2.16. The Morgan fingerprint density at radius 1 is 1.20 bits per heavy atom. The van der Waals surface area contributed by atoms with E-state index in [2.05, 4.69) is 0 Å². The number of rotatable bonds is 5. The van der Waals surface area contributed by atoms with Gasteiger partial charge in [-0.1, -0.05) is 44.2 Å². The average molecular weight is 205 g/mol. The van der Waals surface area contributed by atoms with Crippen LogP contribution in [0.2, 0.25) is 0 Å². The van der Waals surface area contributed by atoms with Gasteiger partial charge in [-0.3, -0.25) is 4.79 Å². The zero-order valence-corrected chi connectivity index (χ0v) is 9.44. The first-order valence-corrected chi connectivity index (χ1v) is 5.55. The molecule has 2 N–H and O–H groups in total. The maximum Gasteiger partial charge on any atom is 0.167 e. The van der Waals surface area contributed by atoms with Crippen molar-refractivity contribution in [2.24, 2.45) is 11.7 Å². The van der Waals surface area contributed by atoms with Gasteiger partial charge in [0.05, 0.1) is 0 Å². The molecule has 2 nitrogen and oxygen atoms in total. The van der Waals surface area contributed by atoms with E-state index in [0.717, 1.165) is 18.4 Å². The first-order chi connectivity index (χ1) is 7.20. The molecule has 1 aromatic rings. The van der Waals surface area contributed by atoms with Crippen LogP contribution in [0.15, 0.2) is 30.3 Å². The number of hydrogen-bond acceptors (Lipinski definition) is 2. The van der Waals surface area contributed by atoms with Crippen LogP contribution in [0.1, 0.15) is 37.0 Å². The molecule has 1 aromatic carbocycles. The molecule has 0 aliphatic carbocycles. The van der Waals surface area contributed by atoms with Gasteiger partial charge in [0, 0.05) is 17.5 Å². The Morgan fingerprint density at radius 2 is 1.80 bits per heavy atom. The fourth-order valence-electron chi connectivity index (χ4n) is 1.78. The standard InChI is InChI=1S/C13H19NO/c1-3-11(12(14)4-2)13(15)10-8-6-5-7-9-10/h5-9,11-12H,3-4,14H2,1-2H3. The van der Waals surface area contributed by atoms with Crippen molar-refractivity contribution in [3.05, 3.63) is 35.9 Å². The van der Waals surface area contributed by atoms with Crippen molar-refractivity contribution in [3.8, 4) is 0 Å². The van der Waals surface area contributed by atoms with Gasteiger partial charge in [0.1, 0.15) is 0 Å². The molecule has 0 saturated heterocycles. The molecule has 1 rings (SSSR count). The Bertz CT molecular complexity index is 308. The van der Waals surface area contributed by atoms with Crippen LogP contribution in [0.4, 0.5) is 0 Å². The minimum Gasteiger partial charge on any atom is -0.327 e. The quantitative estimate of drug-likeness (QED) is 0.751. The largest absolute Gasteiger partial charge is 0.327 e. The van der Waals surface area contributed by atoms with Crippen molar-refractivity contribution in [2.45, 2.75) is 32.7 Å². The Labute approximate surface area is 91.5 Å². The zero-order valence-electron chi connectivity index (χ0n) is 9.44. The summed E-state index contributed by atoms with van der Waals surface area (Å²) in [7, 11) is 0. The van der Waals surface area contributed by atoms with Gasteiger partial charge in [0.25, 0.3) is 0 Å². The molecule has 2 unspecified atom stereocenters. The summed E-state index contributed by atoms with van der Waals surface area (Å²) in [5.41, 5.74) is 6.72. The summed E-state index contributed by atoms with van der Waals surface area (Å²) < 4.78 is 0. The van der Waals surface area contributed by atoms with Gasteiger partial charge in [-0.15, -0.1) is 0 Å². The van der Waals surface area contributed by atoms with Crippen LogP contribution < -0.4 is 5.73 Å². The maximum absolute atomic E-state index is 12.1. The van der Waals surface area contributed by atoms with E-state index in [1.807, 2.05) is 44.2 Å². The normalized spacial score (nSPS) is 14.6. The van der Waals surface area contributed by atoms with E-state index in [-0.39, 0.29) is 17.7 Å². The Hall–Kier alpha value is -1.15. The number of carbonyl (C=O) groups excluding carboxylic acids is 1. The predicted octanol–water partition coefficient (Wildman–Crippen LogP) is 2.63. The third kappa shape index (κ3) is 2.90. The average Bonchev–Trinajstić information content (AvgIpc) is 2.30. The molecule has 0 spiro atoms. The lowest BCUT2D eigenvalue weighted by molar-refractivity contribution is 0.0896. The summed E-state index contributed by atoms with van der Waals surface area (Å²) >= 11 is 0. The molecule has 0 aliphatic rings. The van der Waals surface area contributed by atoms with E-state index in [1.165, 1.54) is 0 Å². The van der Waals surface area contributed by atoms with Crippen LogP contribution in [0.3, 0.4) is 0 Å². The number of hydrogen-bond donors (Lipinski definition) is 1. The summed E-state index contributed by atoms with van der Waals surface area (Å²) in [4.78, 5) is 12.1. The zero-order chi connectivity index (χ0) is 11.3. The van der Waals surface area contributed by atoms with Gasteiger partial charge in [-0.25, -0.2) is 0 Å². The molecule has 82 valence electrons. The summed E-state index contributed by atoms with van der Waals surface area (Å²) in [5.74, 6) is 0.129. The highest BCUT2D eigenvalue weighted by molar-refractivity contribution is 5.98. The van der Waals surface area contributed by atoms with E-state index in [9.17, 15) is 4.79 Å². The number of benzene rings is 1.